The van der Waals surface area contributed by atoms with Crippen LogP contribution in [0.4, 0.5) is 0 Å². The van der Waals surface area contributed by atoms with Crippen LogP contribution in [0, 0.1) is 0 Å². The van der Waals surface area contributed by atoms with E-state index in [0.717, 1.165) is 32.5 Å². The van der Waals surface area contributed by atoms with Gasteiger partial charge in [-0.1, -0.05) is 0 Å². The average Bonchev–Trinajstić information content (AvgIpc) is 2.15. The molecular weight excluding hydrogens is 180 g/mol. The molecule has 1 rings (SSSR count). The minimum Gasteiger partial charge on any atom is -0.466 e. The van der Waals surface area contributed by atoms with Crippen LogP contribution in [-0.4, -0.2) is 43.2 Å². The molecule has 0 aliphatic carbocycles. The summed E-state index contributed by atoms with van der Waals surface area (Å²) in [5, 5.41) is 0. The molecule has 1 aliphatic heterocycles. The van der Waals surface area contributed by atoms with Crippen LogP contribution >= 0.6 is 0 Å². The van der Waals surface area contributed by atoms with E-state index in [-0.39, 0.29) is 12.0 Å². The van der Waals surface area contributed by atoms with Crippen molar-refractivity contribution < 1.29 is 9.53 Å². The van der Waals surface area contributed by atoms with Gasteiger partial charge in [-0.05, 0) is 26.3 Å². The lowest BCUT2D eigenvalue weighted by Crippen LogP contribution is -2.43. The van der Waals surface area contributed by atoms with E-state index in [2.05, 4.69) is 4.90 Å². The minimum atomic E-state index is -0.105. The molecule has 0 aromatic rings. The van der Waals surface area contributed by atoms with Gasteiger partial charge in [0.1, 0.15) is 0 Å². The highest BCUT2D eigenvalue weighted by Crippen LogP contribution is 2.08. The number of rotatable bonds is 4. The standard InChI is InChI=1S/C10H20N2O2/c1-2-14-10(13)5-7-12-6-3-4-9(11)8-12/h9H,2-8,11H2,1H3. The highest BCUT2D eigenvalue weighted by Gasteiger charge is 2.17. The summed E-state index contributed by atoms with van der Waals surface area (Å²) in [5.41, 5.74) is 5.83. The molecule has 0 bridgehead atoms. The first kappa shape index (κ1) is 11.5. The van der Waals surface area contributed by atoms with Gasteiger partial charge in [-0.3, -0.25) is 4.79 Å². The van der Waals surface area contributed by atoms with Crippen LogP contribution in [0.3, 0.4) is 0 Å². The number of nitrogens with two attached hydrogens (primary N) is 1. The molecule has 0 amide bonds. The fraction of sp³-hybridized carbons (Fsp3) is 0.900. The second kappa shape index (κ2) is 5.98. The van der Waals surface area contributed by atoms with Gasteiger partial charge >= 0.3 is 5.97 Å². The van der Waals surface area contributed by atoms with Crippen molar-refractivity contribution in [3.8, 4) is 0 Å². The van der Waals surface area contributed by atoms with Crippen molar-refractivity contribution in [1.29, 1.82) is 0 Å². The first-order chi connectivity index (χ1) is 6.72. The number of piperidine rings is 1. The normalized spacial score (nSPS) is 23.4. The van der Waals surface area contributed by atoms with E-state index in [1.807, 2.05) is 6.92 Å². The van der Waals surface area contributed by atoms with Gasteiger partial charge in [0.25, 0.3) is 0 Å². The molecule has 14 heavy (non-hydrogen) atoms. The van der Waals surface area contributed by atoms with Crippen molar-refractivity contribution in [2.45, 2.75) is 32.2 Å². The molecule has 1 heterocycles. The molecule has 4 nitrogen and oxygen atoms in total. The van der Waals surface area contributed by atoms with E-state index in [1.165, 1.54) is 0 Å². The van der Waals surface area contributed by atoms with Gasteiger partial charge < -0.3 is 15.4 Å². The van der Waals surface area contributed by atoms with Crippen LogP contribution in [-0.2, 0) is 9.53 Å². The number of esters is 1. The zero-order valence-corrected chi connectivity index (χ0v) is 8.87. The molecule has 82 valence electrons. The number of hydrogen-bond donors (Lipinski definition) is 1. The van der Waals surface area contributed by atoms with Gasteiger partial charge in [0.15, 0.2) is 0 Å². The minimum absolute atomic E-state index is 0.105. The van der Waals surface area contributed by atoms with E-state index in [1.54, 1.807) is 0 Å². The monoisotopic (exact) mass is 200 g/mol. The largest absolute Gasteiger partial charge is 0.466 e. The summed E-state index contributed by atoms with van der Waals surface area (Å²) >= 11 is 0. The average molecular weight is 200 g/mol. The Morgan fingerprint density at radius 3 is 3.07 bits per heavy atom. The Morgan fingerprint density at radius 2 is 2.43 bits per heavy atom. The number of nitrogens with zero attached hydrogens (tertiary/aromatic N) is 1. The SMILES string of the molecule is CCOC(=O)CCN1CCCC(N)C1. The lowest BCUT2D eigenvalue weighted by Gasteiger charge is -2.30. The van der Waals surface area contributed by atoms with Crippen LogP contribution in [0.1, 0.15) is 26.2 Å². The molecule has 0 spiro atoms. The van der Waals surface area contributed by atoms with Crippen LogP contribution < -0.4 is 5.73 Å². The maximum absolute atomic E-state index is 11.1. The predicted molar refractivity (Wildman–Crippen MR) is 54.9 cm³/mol. The quantitative estimate of drug-likeness (QED) is 0.666. The maximum atomic E-state index is 11.1. The second-order valence-electron chi connectivity index (χ2n) is 3.76. The van der Waals surface area contributed by atoms with E-state index in [9.17, 15) is 4.79 Å². The Morgan fingerprint density at radius 1 is 1.64 bits per heavy atom. The molecule has 0 aromatic heterocycles. The molecule has 4 heteroatoms. The smallest absolute Gasteiger partial charge is 0.307 e. The van der Waals surface area contributed by atoms with Crippen molar-refractivity contribution in [3.63, 3.8) is 0 Å². The predicted octanol–water partition coefficient (Wildman–Crippen LogP) is 0.363. The summed E-state index contributed by atoms with van der Waals surface area (Å²) in [4.78, 5) is 13.3. The molecule has 1 unspecified atom stereocenters. The first-order valence-corrected chi connectivity index (χ1v) is 5.36. The molecular formula is C10H20N2O2. The number of likely N-dealkylation sites (tertiary alicyclic amines) is 1. The molecule has 0 radical (unpaired) electrons. The van der Waals surface area contributed by atoms with Gasteiger partial charge in [0, 0.05) is 19.1 Å². The lowest BCUT2D eigenvalue weighted by atomic mass is 10.1. The van der Waals surface area contributed by atoms with Crippen LogP contribution in [0.15, 0.2) is 0 Å². The van der Waals surface area contributed by atoms with E-state index < -0.39 is 0 Å². The third kappa shape index (κ3) is 4.07. The summed E-state index contributed by atoms with van der Waals surface area (Å²) in [6, 6.07) is 0.283. The number of carbonyl (C=O) groups is 1. The zero-order chi connectivity index (χ0) is 10.4. The van der Waals surface area contributed by atoms with Gasteiger partial charge in [-0.2, -0.15) is 0 Å². The fourth-order valence-electron chi connectivity index (χ4n) is 1.78. The van der Waals surface area contributed by atoms with E-state index in [4.69, 9.17) is 10.5 Å². The van der Waals surface area contributed by atoms with Gasteiger partial charge in [0.2, 0.25) is 0 Å². The summed E-state index contributed by atoms with van der Waals surface area (Å²) in [7, 11) is 0. The van der Waals surface area contributed by atoms with Gasteiger partial charge in [-0.15, -0.1) is 0 Å². The van der Waals surface area contributed by atoms with Crippen LogP contribution in [0.2, 0.25) is 0 Å². The Kier molecular flexibility index (Phi) is 4.90. The Balaban J connectivity index is 2.14. The third-order valence-electron chi connectivity index (χ3n) is 2.48. The van der Waals surface area contributed by atoms with Crippen LogP contribution in [0.5, 0.6) is 0 Å². The number of ether oxygens (including phenoxy) is 1. The van der Waals surface area contributed by atoms with Gasteiger partial charge in [0.05, 0.1) is 13.0 Å². The van der Waals surface area contributed by atoms with Gasteiger partial charge in [-0.25, -0.2) is 0 Å². The van der Waals surface area contributed by atoms with Crippen molar-refractivity contribution in [2.24, 2.45) is 5.73 Å². The maximum Gasteiger partial charge on any atom is 0.307 e. The highest BCUT2D eigenvalue weighted by atomic mass is 16.5. The summed E-state index contributed by atoms with van der Waals surface area (Å²) in [6.07, 6.45) is 2.74. The summed E-state index contributed by atoms with van der Waals surface area (Å²) in [6.45, 7) is 5.06. The lowest BCUT2D eigenvalue weighted by molar-refractivity contribution is -0.143. The molecule has 1 atom stereocenters. The molecule has 2 N–H and O–H groups in total. The highest BCUT2D eigenvalue weighted by molar-refractivity contribution is 5.69. The van der Waals surface area contributed by atoms with Crippen molar-refractivity contribution >= 4 is 5.97 Å². The van der Waals surface area contributed by atoms with Crippen molar-refractivity contribution in [2.75, 3.05) is 26.2 Å². The topological polar surface area (TPSA) is 55.6 Å². The Hall–Kier alpha value is -0.610. The summed E-state index contributed by atoms with van der Waals surface area (Å²) < 4.78 is 4.86. The number of hydrogen-bond acceptors (Lipinski definition) is 4. The Bertz CT molecular complexity index is 185. The zero-order valence-electron chi connectivity index (χ0n) is 8.87. The molecule has 1 fully saturated rings. The fourth-order valence-corrected chi connectivity index (χ4v) is 1.78. The Labute approximate surface area is 85.4 Å². The van der Waals surface area contributed by atoms with E-state index in [0.29, 0.717) is 13.0 Å². The first-order valence-electron chi connectivity index (χ1n) is 5.36. The van der Waals surface area contributed by atoms with Crippen LogP contribution in [0.25, 0.3) is 0 Å². The van der Waals surface area contributed by atoms with Crippen molar-refractivity contribution in [1.82, 2.24) is 4.90 Å². The molecule has 1 saturated heterocycles. The van der Waals surface area contributed by atoms with Crippen molar-refractivity contribution in [3.05, 3.63) is 0 Å². The number of carbonyl (C=O) groups excluding carboxylic acids is 1. The summed E-state index contributed by atoms with van der Waals surface area (Å²) in [5.74, 6) is -0.105. The molecule has 0 aromatic carbocycles. The third-order valence-corrected chi connectivity index (χ3v) is 2.48. The van der Waals surface area contributed by atoms with E-state index >= 15 is 0 Å². The molecule has 1 aliphatic rings. The molecule has 0 saturated carbocycles. The second-order valence-corrected chi connectivity index (χ2v) is 3.76.